The first-order valence-corrected chi connectivity index (χ1v) is 10.7. The first kappa shape index (κ1) is 24.7. The fourth-order valence-electron chi connectivity index (χ4n) is 3.05. The molecule has 1 aromatic carbocycles. The summed E-state index contributed by atoms with van der Waals surface area (Å²) in [5.74, 6) is -1.61. The number of nitrogens with one attached hydrogen (secondary N) is 1. The number of ether oxygens (including phenoxy) is 1. The predicted molar refractivity (Wildman–Crippen MR) is 112 cm³/mol. The Morgan fingerprint density at radius 2 is 1.62 bits per heavy atom. The molecule has 6 nitrogen and oxygen atoms in total. The Kier molecular flexibility index (Phi) is 13.2. The molecule has 0 aliphatic carbocycles. The van der Waals surface area contributed by atoms with Gasteiger partial charge in [-0.15, -0.1) is 0 Å². The van der Waals surface area contributed by atoms with E-state index in [1.807, 2.05) is 30.3 Å². The topological polar surface area (TPSA) is 92.7 Å². The molecule has 0 saturated carbocycles. The van der Waals surface area contributed by atoms with E-state index in [0.717, 1.165) is 24.8 Å². The third kappa shape index (κ3) is 13.4. The maximum absolute atomic E-state index is 12.1. The lowest BCUT2D eigenvalue weighted by Gasteiger charge is -2.18. The molecule has 0 unspecified atom stereocenters. The summed E-state index contributed by atoms with van der Waals surface area (Å²) in [5.41, 5.74) is 1.03. The van der Waals surface area contributed by atoms with Crippen LogP contribution >= 0.6 is 0 Å². The molecule has 0 bridgehead atoms. The number of carbonyl (C=O) groups is 3. The van der Waals surface area contributed by atoms with Gasteiger partial charge in [0, 0.05) is 13.0 Å². The smallest absolute Gasteiger partial charge is 0.306 e. The largest absolute Gasteiger partial charge is 0.481 e. The molecule has 1 amide bonds. The fraction of sp³-hybridized carbons (Fsp3) is 0.609. The zero-order valence-electron chi connectivity index (χ0n) is 17.5. The van der Waals surface area contributed by atoms with Crippen molar-refractivity contribution >= 4 is 17.8 Å². The Labute approximate surface area is 174 Å². The van der Waals surface area contributed by atoms with Gasteiger partial charge in [-0.2, -0.15) is 0 Å². The Balaban J connectivity index is 2.38. The monoisotopic (exact) mass is 405 g/mol. The molecule has 1 atom stereocenters. The minimum atomic E-state index is -1.02. The molecule has 162 valence electrons. The first-order chi connectivity index (χ1) is 14.0. The van der Waals surface area contributed by atoms with Gasteiger partial charge in [0.25, 0.3) is 0 Å². The molecule has 1 rings (SSSR count). The molecule has 0 aromatic heterocycles. The zero-order chi connectivity index (χ0) is 21.3. The van der Waals surface area contributed by atoms with Crippen molar-refractivity contribution in [3.8, 4) is 0 Å². The molecule has 0 aliphatic rings. The Morgan fingerprint density at radius 3 is 2.31 bits per heavy atom. The minimum absolute atomic E-state index is 0.0802. The summed E-state index contributed by atoms with van der Waals surface area (Å²) in [6.07, 6.45) is 7.53. The molecule has 0 aliphatic heterocycles. The summed E-state index contributed by atoms with van der Waals surface area (Å²) in [4.78, 5) is 34.7. The van der Waals surface area contributed by atoms with Crippen LogP contribution in [0.3, 0.4) is 0 Å². The molecule has 0 saturated heterocycles. The number of hydrogen-bond acceptors (Lipinski definition) is 4. The van der Waals surface area contributed by atoms with E-state index >= 15 is 0 Å². The normalized spacial score (nSPS) is 11.6. The van der Waals surface area contributed by atoms with Crippen molar-refractivity contribution in [1.82, 2.24) is 5.32 Å². The molecule has 6 heteroatoms. The molecule has 0 heterocycles. The number of unbranched alkanes of at least 4 members (excludes halogenated alkanes) is 5. The lowest BCUT2D eigenvalue weighted by Crippen LogP contribution is -2.26. The highest BCUT2D eigenvalue weighted by Crippen LogP contribution is 2.15. The highest BCUT2D eigenvalue weighted by molar-refractivity contribution is 5.77. The van der Waals surface area contributed by atoms with Gasteiger partial charge < -0.3 is 15.2 Å². The van der Waals surface area contributed by atoms with Gasteiger partial charge in [0.2, 0.25) is 5.91 Å². The Hall–Kier alpha value is -2.37. The van der Waals surface area contributed by atoms with E-state index in [0.29, 0.717) is 19.4 Å². The van der Waals surface area contributed by atoms with E-state index in [1.54, 1.807) is 0 Å². The zero-order valence-corrected chi connectivity index (χ0v) is 17.5. The van der Waals surface area contributed by atoms with Crippen LogP contribution in [0.25, 0.3) is 0 Å². The van der Waals surface area contributed by atoms with Gasteiger partial charge in [-0.25, -0.2) is 0 Å². The van der Waals surface area contributed by atoms with Gasteiger partial charge in [0.05, 0.1) is 12.8 Å². The molecular weight excluding hydrogens is 370 g/mol. The van der Waals surface area contributed by atoms with E-state index in [-0.39, 0.29) is 31.3 Å². The average Bonchev–Trinajstić information content (AvgIpc) is 2.72. The van der Waals surface area contributed by atoms with Crippen LogP contribution in [0, 0.1) is 0 Å². The summed E-state index contributed by atoms with van der Waals surface area (Å²) in [6.45, 7) is 2.65. The minimum Gasteiger partial charge on any atom is -0.481 e. The molecule has 0 spiro atoms. The second-order valence-corrected chi connectivity index (χ2v) is 7.36. The van der Waals surface area contributed by atoms with Crippen molar-refractivity contribution in [2.24, 2.45) is 0 Å². The third-order valence-electron chi connectivity index (χ3n) is 4.75. The van der Waals surface area contributed by atoms with Crippen LogP contribution in [0.5, 0.6) is 0 Å². The molecule has 1 aromatic rings. The van der Waals surface area contributed by atoms with Crippen molar-refractivity contribution in [1.29, 1.82) is 0 Å². The van der Waals surface area contributed by atoms with Crippen LogP contribution in [0.15, 0.2) is 30.3 Å². The van der Waals surface area contributed by atoms with Crippen molar-refractivity contribution in [3.63, 3.8) is 0 Å². The second-order valence-electron chi connectivity index (χ2n) is 7.36. The molecule has 0 radical (unpaired) electrons. The lowest BCUT2D eigenvalue weighted by atomic mass is 10.0. The lowest BCUT2D eigenvalue weighted by molar-refractivity contribution is -0.153. The van der Waals surface area contributed by atoms with Crippen molar-refractivity contribution in [3.05, 3.63) is 35.9 Å². The van der Waals surface area contributed by atoms with E-state index in [4.69, 9.17) is 9.84 Å². The first-order valence-electron chi connectivity index (χ1n) is 10.7. The number of esters is 1. The second kappa shape index (κ2) is 15.5. The maximum Gasteiger partial charge on any atom is 0.306 e. The van der Waals surface area contributed by atoms with E-state index in [9.17, 15) is 14.4 Å². The van der Waals surface area contributed by atoms with Crippen LogP contribution in [0.2, 0.25) is 0 Å². The van der Waals surface area contributed by atoms with Crippen LogP contribution in [-0.4, -0.2) is 29.1 Å². The molecule has 29 heavy (non-hydrogen) atoms. The number of carboxylic acid groups (broad SMARTS) is 1. The fourth-order valence-corrected chi connectivity index (χ4v) is 3.05. The van der Waals surface area contributed by atoms with Gasteiger partial charge in [0.15, 0.2) is 0 Å². The van der Waals surface area contributed by atoms with Crippen molar-refractivity contribution in [2.45, 2.75) is 90.2 Å². The van der Waals surface area contributed by atoms with Gasteiger partial charge in [-0.05, 0) is 24.8 Å². The van der Waals surface area contributed by atoms with Crippen LogP contribution in [0.4, 0.5) is 0 Å². The van der Waals surface area contributed by atoms with Crippen LogP contribution < -0.4 is 5.32 Å². The summed E-state index contributed by atoms with van der Waals surface area (Å²) in [5, 5.41) is 11.6. The Bertz CT molecular complexity index is 603. The summed E-state index contributed by atoms with van der Waals surface area (Å²) in [6, 6.07) is 9.68. The predicted octanol–water partition coefficient (Wildman–Crippen LogP) is 4.61. The van der Waals surface area contributed by atoms with Crippen molar-refractivity contribution < 1.29 is 24.2 Å². The molecular formula is C23H35NO5. The Morgan fingerprint density at radius 1 is 0.931 bits per heavy atom. The number of aliphatic carboxylic acids is 1. The van der Waals surface area contributed by atoms with Gasteiger partial charge in [0.1, 0.15) is 6.10 Å². The van der Waals surface area contributed by atoms with E-state index in [1.165, 1.54) is 19.3 Å². The number of benzene rings is 1. The number of amides is 1. The number of rotatable bonds is 16. The van der Waals surface area contributed by atoms with Crippen LogP contribution in [-0.2, 0) is 25.7 Å². The molecule has 0 fully saturated rings. The number of carbonyl (C=O) groups excluding carboxylic acids is 2. The van der Waals surface area contributed by atoms with E-state index < -0.39 is 11.9 Å². The quantitative estimate of drug-likeness (QED) is 0.309. The molecule has 2 N–H and O–H groups in total. The third-order valence-corrected chi connectivity index (χ3v) is 4.75. The number of carboxylic acids is 1. The van der Waals surface area contributed by atoms with Gasteiger partial charge >= 0.3 is 11.9 Å². The summed E-state index contributed by atoms with van der Waals surface area (Å²) in [7, 11) is 0. The summed E-state index contributed by atoms with van der Waals surface area (Å²) >= 11 is 0. The van der Waals surface area contributed by atoms with Gasteiger partial charge in [-0.3, -0.25) is 14.4 Å². The highest BCUT2D eigenvalue weighted by atomic mass is 16.5. The van der Waals surface area contributed by atoms with Crippen LogP contribution in [0.1, 0.15) is 83.1 Å². The number of hydrogen-bond donors (Lipinski definition) is 2. The highest BCUT2D eigenvalue weighted by Gasteiger charge is 2.17. The van der Waals surface area contributed by atoms with Gasteiger partial charge in [-0.1, -0.05) is 69.4 Å². The standard InChI is InChI=1S/C23H35NO5/c1-2-3-4-5-6-10-13-20(29-23(28)17-16-22(26)27)14-15-21(25)24-18-19-11-8-7-9-12-19/h7-9,11-12,20H,2-6,10,13-18H2,1H3,(H,24,25)(H,26,27)/t20-/m0/s1. The average molecular weight is 406 g/mol. The van der Waals surface area contributed by atoms with E-state index in [2.05, 4.69) is 12.2 Å². The SMILES string of the molecule is CCCCCCCC[C@@H](CCC(=O)NCc1ccccc1)OC(=O)CCC(=O)O. The van der Waals surface area contributed by atoms with Crippen molar-refractivity contribution in [2.75, 3.05) is 0 Å². The summed E-state index contributed by atoms with van der Waals surface area (Å²) < 4.78 is 5.46. The maximum atomic E-state index is 12.1.